The molecule has 0 spiro atoms. The van der Waals surface area contributed by atoms with E-state index in [4.69, 9.17) is 28.1 Å². The molecule has 2 aliphatic rings. The summed E-state index contributed by atoms with van der Waals surface area (Å²) in [6, 6.07) is 5.08. The highest BCUT2D eigenvalue weighted by atomic mass is 16.7. The second kappa shape index (κ2) is 9.84. The Labute approximate surface area is 195 Å². The molecule has 0 radical (unpaired) electrons. The van der Waals surface area contributed by atoms with E-state index in [0.29, 0.717) is 17.8 Å². The van der Waals surface area contributed by atoms with Gasteiger partial charge in [-0.05, 0) is 43.4 Å². The number of fused-ring (bicyclic) bond motifs is 3. The van der Waals surface area contributed by atoms with Crippen LogP contribution in [0.3, 0.4) is 0 Å². The Hall–Kier alpha value is -3.40. The Morgan fingerprint density at radius 3 is 2.21 bits per heavy atom. The molecule has 0 N–H and O–H groups in total. The average molecular weight is 474 g/mol. The van der Waals surface area contributed by atoms with Gasteiger partial charge in [0.1, 0.15) is 11.3 Å². The first kappa shape index (κ1) is 23.7. The molecule has 4 rings (SSSR count). The van der Waals surface area contributed by atoms with Crippen LogP contribution in [0, 0.1) is 0 Å². The smallest absolute Gasteiger partial charge is 0.339 e. The topological polar surface area (TPSA) is 128 Å². The molecule has 0 unspecified atom stereocenters. The molecule has 0 saturated carbocycles. The first-order valence-corrected chi connectivity index (χ1v) is 11.1. The van der Waals surface area contributed by atoms with Crippen molar-refractivity contribution in [3.05, 3.63) is 39.7 Å². The molecule has 10 nitrogen and oxygen atoms in total. The predicted octanol–water partition coefficient (Wildman–Crippen LogP) is 2.20. The van der Waals surface area contributed by atoms with E-state index in [2.05, 4.69) is 0 Å². The number of ether oxygens (including phenoxy) is 5. The van der Waals surface area contributed by atoms with Crippen molar-refractivity contribution < 1.29 is 42.5 Å². The van der Waals surface area contributed by atoms with Gasteiger partial charge < -0.3 is 28.1 Å². The van der Waals surface area contributed by atoms with E-state index in [1.165, 1.54) is 20.8 Å². The van der Waals surface area contributed by atoms with Gasteiger partial charge in [0.05, 0.1) is 6.61 Å². The van der Waals surface area contributed by atoms with Gasteiger partial charge in [0.15, 0.2) is 12.2 Å². The lowest BCUT2D eigenvalue weighted by Crippen LogP contribution is -2.59. The van der Waals surface area contributed by atoms with Crippen LogP contribution in [0.25, 0.3) is 11.0 Å². The summed E-state index contributed by atoms with van der Waals surface area (Å²) in [5.74, 6) is -1.64. The summed E-state index contributed by atoms with van der Waals surface area (Å²) in [5, 5.41) is 0.843. The summed E-state index contributed by atoms with van der Waals surface area (Å²) in [6.45, 7) is 3.42. The molecule has 1 aliphatic carbocycles. The Kier molecular flexibility index (Phi) is 6.87. The van der Waals surface area contributed by atoms with E-state index in [-0.39, 0.29) is 12.2 Å². The number of hydrogen-bond acceptors (Lipinski definition) is 10. The molecule has 1 saturated heterocycles. The van der Waals surface area contributed by atoms with Crippen molar-refractivity contribution in [1.82, 2.24) is 0 Å². The minimum atomic E-state index is -1.22. The molecular formula is C24H26O10. The van der Waals surface area contributed by atoms with Crippen LogP contribution < -0.4 is 10.4 Å². The van der Waals surface area contributed by atoms with Crippen LogP contribution in [-0.4, -0.2) is 49.1 Å². The van der Waals surface area contributed by atoms with Gasteiger partial charge >= 0.3 is 23.5 Å². The molecule has 2 heterocycles. The van der Waals surface area contributed by atoms with Crippen molar-refractivity contribution in [2.75, 3.05) is 6.61 Å². The number of rotatable bonds is 5. The minimum absolute atomic E-state index is 0.157. The van der Waals surface area contributed by atoms with Crippen LogP contribution >= 0.6 is 0 Å². The summed E-state index contributed by atoms with van der Waals surface area (Å²) in [7, 11) is 0. The van der Waals surface area contributed by atoms with Gasteiger partial charge in [-0.3, -0.25) is 14.4 Å². The van der Waals surface area contributed by atoms with Crippen molar-refractivity contribution >= 4 is 28.9 Å². The molecule has 0 bridgehead atoms. The summed E-state index contributed by atoms with van der Waals surface area (Å²) in [6.07, 6.45) is -1.07. The Morgan fingerprint density at radius 1 is 0.882 bits per heavy atom. The zero-order chi connectivity index (χ0) is 24.4. The van der Waals surface area contributed by atoms with Crippen molar-refractivity contribution in [3.63, 3.8) is 0 Å². The van der Waals surface area contributed by atoms with Crippen molar-refractivity contribution in [2.24, 2.45) is 0 Å². The first-order chi connectivity index (χ1) is 16.2. The van der Waals surface area contributed by atoms with Gasteiger partial charge in [-0.2, -0.15) is 0 Å². The minimum Gasteiger partial charge on any atom is -0.461 e. The van der Waals surface area contributed by atoms with Crippen LogP contribution in [0.4, 0.5) is 0 Å². The highest BCUT2D eigenvalue weighted by Crippen LogP contribution is 2.31. The van der Waals surface area contributed by atoms with Gasteiger partial charge in [-0.1, -0.05) is 0 Å². The number of carbonyl (C=O) groups excluding carboxylic acids is 3. The maximum absolute atomic E-state index is 12.4. The van der Waals surface area contributed by atoms with E-state index in [9.17, 15) is 19.2 Å². The zero-order valence-electron chi connectivity index (χ0n) is 19.2. The van der Waals surface area contributed by atoms with Gasteiger partial charge in [0.25, 0.3) is 0 Å². The summed E-state index contributed by atoms with van der Waals surface area (Å²) in [4.78, 5) is 47.4. The molecular weight excluding hydrogens is 448 g/mol. The quantitative estimate of drug-likeness (QED) is 0.361. The fourth-order valence-electron chi connectivity index (χ4n) is 4.44. The van der Waals surface area contributed by atoms with Gasteiger partial charge in [-0.15, -0.1) is 0 Å². The van der Waals surface area contributed by atoms with Crippen LogP contribution in [0.1, 0.15) is 44.7 Å². The zero-order valence-corrected chi connectivity index (χ0v) is 19.2. The number of carbonyl (C=O) groups is 3. The SMILES string of the molecule is CC(=O)O[C@@H]1[C@@H](OC(C)=O)[C@H](Oc2ccc3c4c(c(=O)oc3c2)CCCC4)OC[C@H]1OC(C)=O. The number of aryl methyl sites for hydroxylation is 1. The van der Waals surface area contributed by atoms with Crippen LogP contribution in [-0.2, 0) is 46.2 Å². The molecule has 2 aromatic rings. The molecule has 34 heavy (non-hydrogen) atoms. The van der Waals surface area contributed by atoms with Crippen molar-refractivity contribution in [2.45, 2.75) is 71.1 Å². The average Bonchev–Trinajstić information content (AvgIpc) is 2.77. The first-order valence-electron chi connectivity index (χ1n) is 11.1. The standard InChI is InChI=1S/C24H26O10/c1-12(25)30-20-11-29-24(22(32-14(3)27)21(20)31-13(2)26)33-15-8-9-17-16-6-4-5-7-18(16)23(28)34-19(17)10-15/h8-10,20-22,24H,4-7,11H2,1-3H3/t20-,21+,22-,24+/m1/s1. The molecule has 1 aromatic heterocycles. The van der Waals surface area contributed by atoms with E-state index >= 15 is 0 Å². The van der Waals surface area contributed by atoms with Crippen molar-refractivity contribution in [1.29, 1.82) is 0 Å². The highest BCUT2D eigenvalue weighted by molar-refractivity contribution is 5.82. The van der Waals surface area contributed by atoms with Crippen LogP contribution in [0.15, 0.2) is 27.4 Å². The number of hydrogen-bond donors (Lipinski definition) is 0. The lowest BCUT2D eigenvalue weighted by atomic mass is 9.91. The largest absolute Gasteiger partial charge is 0.461 e. The lowest BCUT2D eigenvalue weighted by Gasteiger charge is -2.40. The second-order valence-corrected chi connectivity index (χ2v) is 8.33. The summed E-state index contributed by atoms with van der Waals surface area (Å²) >= 11 is 0. The third-order valence-electron chi connectivity index (χ3n) is 5.75. The fraction of sp³-hybridized carbons (Fsp3) is 0.500. The Bertz CT molecular complexity index is 1170. The summed E-state index contributed by atoms with van der Waals surface area (Å²) in [5.41, 5.74) is 1.73. The van der Waals surface area contributed by atoms with Gasteiger partial charge in [0.2, 0.25) is 12.4 Å². The third-order valence-corrected chi connectivity index (χ3v) is 5.75. The molecule has 10 heteroatoms. The van der Waals surface area contributed by atoms with E-state index in [0.717, 1.165) is 35.8 Å². The molecule has 4 atom stereocenters. The van der Waals surface area contributed by atoms with Crippen LogP contribution in [0.5, 0.6) is 5.75 Å². The van der Waals surface area contributed by atoms with Crippen LogP contribution in [0.2, 0.25) is 0 Å². The lowest BCUT2D eigenvalue weighted by molar-refractivity contribution is -0.259. The second-order valence-electron chi connectivity index (χ2n) is 8.33. The van der Waals surface area contributed by atoms with E-state index in [1.54, 1.807) is 12.1 Å². The number of esters is 3. The van der Waals surface area contributed by atoms with E-state index < -0.39 is 42.5 Å². The number of benzene rings is 1. The third kappa shape index (κ3) is 5.06. The van der Waals surface area contributed by atoms with Crippen molar-refractivity contribution in [3.8, 4) is 5.75 Å². The normalized spacial score (nSPS) is 24.1. The van der Waals surface area contributed by atoms with Gasteiger partial charge in [-0.25, -0.2) is 4.79 Å². The molecule has 1 fully saturated rings. The van der Waals surface area contributed by atoms with Gasteiger partial charge in [0, 0.05) is 37.8 Å². The molecule has 1 aliphatic heterocycles. The molecule has 0 amide bonds. The Morgan fingerprint density at radius 2 is 1.53 bits per heavy atom. The molecule has 1 aromatic carbocycles. The monoisotopic (exact) mass is 474 g/mol. The predicted molar refractivity (Wildman–Crippen MR) is 116 cm³/mol. The maximum Gasteiger partial charge on any atom is 0.339 e. The summed E-state index contributed by atoms with van der Waals surface area (Å²) < 4.78 is 33.0. The fourth-order valence-corrected chi connectivity index (χ4v) is 4.44. The highest BCUT2D eigenvalue weighted by Gasteiger charge is 2.48. The van der Waals surface area contributed by atoms with E-state index in [1.807, 2.05) is 6.07 Å². The molecule has 182 valence electrons. The maximum atomic E-state index is 12.4. The Balaban J connectivity index is 1.64.